The zero-order valence-electron chi connectivity index (χ0n) is 11.6. The highest BCUT2D eigenvalue weighted by Crippen LogP contribution is 2.29. The van der Waals surface area contributed by atoms with Crippen LogP contribution >= 0.6 is 11.3 Å². The van der Waals surface area contributed by atoms with Crippen LogP contribution in [0.2, 0.25) is 0 Å². The molecule has 1 saturated heterocycles. The number of carbonyl (C=O) groups is 2. The molecule has 1 N–H and O–H groups in total. The average molecular weight is 306 g/mol. The molecule has 110 valence electrons. The van der Waals surface area contributed by atoms with E-state index in [1.165, 1.54) is 17.4 Å². The van der Waals surface area contributed by atoms with Crippen LogP contribution in [0.3, 0.4) is 0 Å². The number of nitrogens with one attached hydrogen (secondary N) is 1. The van der Waals surface area contributed by atoms with Gasteiger partial charge in [0.25, 0.3) is 5.91 Å². The van der Waals surface area contributed by atoms with E-state index >= 15 is 0 Å². The van der Waals surface area contributed by atoms with E-state index in [2.05, 4.69) is 5.32 Å². The fourth-order valence-corrected chi connectivity index (χ4v) is 3.67. The Hall–Kier alpha value is -1.95. The Morgan fingerprint density at radius 2 is 2.33 bits per heavy atom. The highest BCUT2D eigenvalue weighted by atomic mass is 32.1. The maximum absolute atomic E-state index is 13.7. The molecule has 4 nitrogen and oxygen atoms in total. The molecular formula is C15H15FN2O2S. The van der Waals surface area contributed by atoms with Crippen molar-refractivity contribution in [1.82, 2.24) is 10.2 Å². The number of carbonyl (C=O) groups excluding carboxylic acids is 2. The first-order valence-corrected chi connectivity index (χ1v) is 7.70. The van der Waals surface area contributed by atoms with Gasteiger partial charge in [-0.3, -0.25) is 9.59 Å². The minimum atomic E-state index is -0.443. The molecule has 1 aromatic heterocycles. The van der Waals surface area contributed by atoms with Crippen LogP contribution in [-0.2, 0) is 4.79 Å². The van der Waals surface area contributed by atoms with Crippen LogP contribution in [0.25, 0.3) is 10.1 Å². The Morgan fingerprint density at radius 3 is 3.05 bits per heavy atom. The third-order valence-corrected chi connectivity index (χ3v) is 4.79. The maximum atomic E-state index is 13.7. The summed E-state index contributed by atoms with van der Waals surface area (Å²) >= 11 is 1.26. The molecule has 2 amide bonds. The van der Waals surface area contributed by atoms with E-state index in [0.717, 1.165) is 4.70 Å². The molecule has 1 aliphatic heterocycles. The Labute approximate surface area is 125 Å². The van der Waals surface area contributed by atoms with Crippen LogP contribution in [0, 0.1) is 5.82 Å². The summed E-state index contributed by atoms with van der Waals surface area (Å²) in [6.45, 7) is 2.82. The van der Waals surface area contributed by atoms with E-state index in [0.29, 0.717) is 29.8 Å². The Bertz CT molecular complexity index is 713. The smallest absolute Gasteiger partial charge is 0.264 e. The van der Waals surface area contributed by atoms with Crippen LogP contribution in [0.15, 0.2) is 24.3 Å². The summed E-state index contributed by atoms with van der Waals surface area (Å²) in [4.78, 5) is 26.5. The normalized spacial score (nSPS) is 18.9. The third kappa shape index (κ3) is 2.40. The van der Waals surface area contributed by atoms with Gasteiger partial charge in [-0.2, -0.15) is 0 Å². The number of halogens is 1. The van der Waals surface area contributed by atoms with Gasteiger partial charge in [0, 0.05) is 23.2 Å². The molecule has 0 bridgehead atoms. The Balaban J connectivity index is 1.96. The lowest BCUT2D eigenvalue weighted by atomic mass is 10.1. The minimum Gasteiger partial charge on any atom is -0.353 e. The van der Waals surface area contributed by atoms with Gasteiger partial charge in [-0.05, 0) is 24.6 Å². The van der Waals surface area contributed by atoms with Gasteiger partial charge in [-0.25, -0.2) is 4.39 Å². The molecule has 0 radical (unpaired) electrons. The van der Waals surface area contributed by atoms with Gasteiger partial charge >= 0.3 is 0 Å². The van der Waals surface area contributed by atoms with Crippen LogP contribution < -0.4 is 5.32 Å². The molecule has 3 rings (SSSR count). The number of benzene rings is 1. The van der Waals surface area contributed by atoms with Crippen molar-refractivity contribution in [3.05, 3.63) is 35.0 Å². The van der Waals surface area contributed by atoms with E-state index in [1.807, 2.05) is 6.92 Å². The number of hydrogen-bond donors (Lipinski definition) is 1. The zero-order valence-corrected chi connectivity index (χ0v) is 12.4. The van der Waals surface area contributed by atoms with Crippen molar-refractivity contribution in [3.63, 3.8) is 0 Å². The number of nitrogens with zero attached hydrogens (tertiary/aromatic N) is 1. The second-order valence-corrected chi connectivity index (χ2v) is 6.06. The number of amides is 2. The van der Waals surface area contributed by atoms with Gasteiger partial charge in [0.05, 0.1) is 4.88 Å². The monoisotopic (exact) mass is 306 g/mol. The van der Waals surface area contributed by atoms with E-state index in [4.69, 9.17) is 0 Å². The molecule has 1 aromatic carbocycles. The second-order valence-electron chi connectivity index (χ2n) is 4.98. The fraction of sp³-hybridized carbons (Fsp3) is 0.333. The molecule has 0 spiro atoms. The first-order chi connectivity index (χ1) is 10.1. The van der Waals surface area contributed by atoms with Crippen molar-refractivity contribution >= 4 is 33.2 Å². The zero-order chi connectivity index (χ0) is 15.0. The van der Waals surface area contributed by atoms with E-state index in [1.54, 1.807) is 23.1 Å². The van der Waals surface area contributed by atoms with Crippen molar-refractivity contribution < 1.29 is 14.0 Å². The van der Waals surface area contributed by atoms with Crippen LogP contribution in [0.4, 0.5) is 4.39 Å². The summed E-state index contributed by atoms with van der Waals surface area (Å²) in [5, 5.41) is 3.22. The summed E-state index contributed by atoms with van der Waals surface area (Å²) < 4.78 is 14.5. The van der Waals surface area contributed by atoms with E-state index in [-0.39, 0.29) is 17.6 Å². The number of piperazine rings is 1. The fourth-order valence-electron chi connectivity index (χ4n) is 2.64. The predicted molar refractivity (Wildman–Crippen MR) is 79.9 cm³/mol. The van der Waals surface area contributed by atoms with Gasteiger partial charge in [0.2, 0.25) is 5.91 Å². The van der Waals surface area contributed by atoms with Crippen molar-refractivity contribution in [2.24, 2.45) is 0 Å². The standard InChI is InChI=1S/C15H15FN2O2S/c1-2-11-14(19)17-6-7-18(11)15(20)13-8-9-10(16)4-3-5-12(9)21-13/h3-5,8,11H,2,6-7H2,1H3,(H,17,19). The Morgan fingerprint density at radius 1 is 1.52 bits per heavy atom. The molecule has 1 unspecified atom stereocenters. The van der Waals surface area contributed by atoms with Crippen molar-refractivity contribution in [1.29, 1.82) is 0 Å². The number of thiophene rings is 1. The quantitative estimate of drug-likeness (QED) is 0.926. The third-order valence-electron chi connectivity index (χ3n) is 3.70. The first kappa shape index (κ1) is 14.0. The molecule has 0 saturated carbocycles. The summed E-state index contributed by atoms with van der Waals surface area (Å²) in [7, 11) is 0. The van der Waals surface area contributed by atoms with Crippen molar-refractivity contribution in [2.45, 2.75) is 19.4 Å². The first-order valence-electron chi connectivity index (χ1n) is 6.88. The van der Waals surface area contributed by atoms with E-state index in [9.17, 15) is 14.0 Å². The van der Waals surface area contributed by atoms with Crippen molar-refractivity contribution in [2.75, 3.05) is 13.1 Å². The second kappa shape index (κ2) is 5.44. The highest BCUT2D eigenvalue weighted by Gasteiger charge is 2.32. The SMILES string of the molecule is CCC1C(=O)NCCN1C(=O)c1cc2c(F)cccc2s1. The molecule has 2 aromatic rings. The topological polar surface area (TPSA) is 49.4 Å². The summed E-state index contributed by atoms with van der Waals surface area (Å²) in [6.07, 6.45) is 0.566. The summed E-state index contributed by atoms with van der Waals surface area (Å²) in [5.74, 6) is -0.645. The lowest BCUT2D eigenvalue weighted by Crippen LogP contribution is -2.56. The molecule has 0 aliphatic carbocycles. The number of rotatable bonds is 2. The molecule has 1 aliphatic rings. The molecule has 21 heavy (non-hydrogen) atoms. The molecule has 2 heterocycles. The largest absolute Gasteiger partial charge is 0.353 e. The van der Waals surface area contributed by atoms with Gasteiger partial charge in [0.1, 0.15) is 11.9 Å². The van der Waals surface area contributed by atoms with Crippen LogP contribution in [-0.4, -0.2) is 35.8 Å². The summed E-state index contributed by atoms with van der Waals surface area (Å²) in [5.41, 5.74) is 0. The molecular weight excluding hydrogens is 291 g/mol. The number of fused-ring (bicyclic) bond motifs is 1. The molecule has 6 heteroatoms. The number of hydrogen-bond acceptors (Lipinski definition) is 3. The average Bonchev–Trinajstić information content (AvgIpc) is 2.92. The minimum absolute atomic E-state index is 0.121. The van der Waals surface area contributed by atoms with Gasteiger partial charge in [0.15, 0.2) is 0 Å². The van der Waals surface area contributed by atoms with Gasteiger partial charge < -0.3 is 10.2 Å². The van der Waals surface area contributed by atoms with Crippen molar-refractivity contribution in [3.8, 4) is 0 Å². The summed E-state index contributed by atoms with van der Waals surface area (Å²) in [6, 6.07) is 5.94. The van der Waals surface area contributed by atoms with Gasteiger partial charge in [-0.1, -0.05) is 13.0 Å². The molecule has 1 fully saturated rings. The molecule has 1 atom stereocenters. The Kier molecular flexibility index (Phi) is 3.63. The van der Waals surface area contributed by atoms with E-state index < -0.39 is 6.04 Å². The highest BCUT2D eigenvalue weighted by molar-refractivity contribution is 7.20. The van der Waals surface area contributed by atoms with Gasteiger partial charge in [-0.15, -0.1) is 11.3 Å². The lowest BCUT2D eigenvalue weighted by molar-refractivity contribution is -0.127. The lowest BCUT2D eigenvalue weighted by Gasteiger charge is -2.34. The van der Waals surface area contributed by atoms with Crippen LogP contribution in [0.1, 0.15) is 23.0 Å². The van der Waals surface area contributed by atoms with Crippen LogP contribution in [0.5, 0.6) is 0 Å². The predicted octanol–water partition coefficient (Wildman–Crippen LogP) is 2.39. The maximum Gasteiger partial charge on any atom is 0.264 e.